The lowest BCUT2D eigenvalue weighted by atomic mass is 9.78. The molecule has 3 N–H and O–H groups in total. The SMILES string of the molecule is COC[C@H](c1ccnc(NC(=O)[C@H](NC(=O)c2ccnn2C)C2CCC(C(F)(F)F)CC2)c1)N1C[C@@H](C(F)(F)F)NC1=O. The number of amides is 4. The van der Waals surface area contributed by atoms with Gasteiger partial charge in [-0.2, -0.15) is 31.4 Å². The molecule has 2 fully saturated rings. The Balaban J connectivity index is 1.54. The van der Waals surface area contributed by atoms with E-state index in [2.05, 4.69) is 20.7 Å². The van der Waals surface area contributed by atoms with Crippen molar-refractivity contribution >= 4 is 23.7 Å². The molecule has 236 valence electrons. The molecule has 11 nitrogen and oxygen atoms in total. The highest BCUT2D eigenvalue weighted by molar-refractivity contribution is 6.00. The molecular weight excluding hydrogens is 588 g/mol. The van der Waals surface area contributed by atoms with E-state index in [-0.39, 0.29) is 43.8 Å². The number of hydrogen-bond donors (Lipinski definition) is 3. The van der Waals surface area contributed by atoms with Crippen LogP contribution in [0, 0.1) is 11.8 Å². The predicted octanol–water partition coefficient (Wildman–Crippen LogP) is 3.56. The maximum absolute atomic E-state index is 13.5. The van der Waals surface area contributed by atoms with Gasteiger partial charge < -0.3 is 25.6 Å². The highest BCUT2D eigenvalue weighted by atomic mass is 19.4. The number of carbonyl (C=O) groups excluding carboxylic acids is 3. The molecule has 43 heavy (non-hydrogen) atoms. The lowest BCUT2D eigenvalue weighted by molar-refractivity contribution is -0.184. The molecule has 3 atom stereocenters. The molecule has 2 aromatic heterocycles. The molecule has 2 aliphatic rings. The second-order valence-corrected chi connectivity index (χ2v) is 10.6. The number of urea groups is 1. The third-order valence-corrected chi connectivity index (χ3v) is 7.78. The summed E-state index contributed by atoms with van der Waals surface area (Å²) in [5.41, 5.74) is 0.441. The summed E-state index contributed by atoms with van der Waals surface area (Å²) in [5, 5.41) is 11.0. The number of pyridine rings is 1. The van der Waals surface area contributed by atoms with Gasteiger partial charge in [-0.05, 0) is 55.4 Å². The molecule has 17 heteroatoms. The maximum atomic E-state index is 13.5. The number of hydrogen-bond acceptors (Lipinski definition) is 6. The van der Waals surface area contributed by atoms with Crippen molar-refractivity contribution in [3.63, 3.8) is 0 Å². The summed E-state index contributed by atoms with van der Waals surface area (Å²) in [4.78, 5) is 44.0. The van der Waals surface area contributed by atoms with Gasteiger partial charge in [-0.1, -0.05) is 0 Å². The fourth-order valence-electron chi connectivity index (χ4n) is 5.45. The average Bonchev–Trinajstić information content (AvgIpc) is 3.55. The van der Waals surface area contributed by atoms with Crippen molar-refractivity contribution < 1.29 is 45.5 Å². The highest BCUT2D eigenvalue weighted by Gasteiger charge is 2.49. The molecule has 0 aromatic carbocycles. The van der Waals surface area contributed by atoms with Gasteiger partial charge in [-0.15, -0.1) is 0 Å². The summed E-state index contributed by atoms with van der Waals surface area (Å²) in [5.74, 6) is -3.56. The van der Waals surface area contributed by atoms with Crippen molar-refractivity contribution in [2.24, 2.45) is 18.9 Å². The van der Waals surface area contributed by atoms with E-state index >= 15 is 0 Å². The zero-order chi connectivity index (χ0) is 31.5. The summed E-state index contributed by atoms with van der Waals surface area (Å²) >= 11 is 0. The molecule has 2 aromatic rings. The summed E-state index contributed by atoms with van der Waals surface area (Å²) < 4.78 is 86.0. The van der Waals surface area contributed by atoms with E-state index in [0.717, 1.165) is 4.90 Å². The molecule has 0 radical (unpaired) electrons. The Kier molecular flexibility index (Phi) is 9.51. The van der Waals surface area contributed by atoms with Crippen LogP contribution in [0.5, 0.6) is 0 Å². The Hall–Kier alpha value is -3.89. The first-order chi connectivity index (χ1) is 20.2. The van der Waals surface area contributed by atoms with Crippen molar-refractivity contribution in [3.05, 3.63) is 41.9 Å². The fraction of sp³-hybridized carbons (Fsp3) is 0.577. The van der Waals surface area contributed by atoms with Gasteiger partial charge in [-0.25, -0.2) is 9.78 Å². The first-order valence-corrected chi connectivity index (χ1v) is 13.4. The first-order valence-electron chi connectivity index (χ1n) is 13.4. The van der Waals surface area contributed by atoms with Crippen LogP contribution in [0.1, 0.15) is 47.8 Å². The van der Waals surface area contributed by atoms with Crippen LogP contribution in [-0.2, 0) is 16.6 Å². The summed E-state index contributed by atoms with van der Waals surface area (Å²) in [6.07, 6.45) is -6.72. The van der Waals surface area contributed by atoms with Crippen molar-refractivity contribution in [2.45, 2.75) is 56.2 Å². The highest BCUT2D eigenvalue weighted by Crippen LogP contribution is 2.40. The van der Waals surface area contributed by atoms with Crippen molar-refractivity contribution in [1.82, 2.24) is 30.3 Å². The van der Waals surface area contributed by atoms with Crippen LogP contribution in [-0.4, -0.2) is 82.2 Å². The van der Waals surface area contributed by atoms with Gasteiger partial charge in [0.2, 0.25) is 5.91 Å². The normalized spacial score (nSPS) is 22.6. The predicted molar refractivity (Wildman–Crippen MR) is 139 cm³/mol. The van der Waals surface area contributed by atoms with Crippen molar-refractivity contribution in [3.8, 4) is 0 Å². The van der Waals surface area contributed by atoms with E-state index in [9.17, 15) is 40.7 Å². The van der Waals surface area contributed by atoms with Crippen LogP contribution in [0.25, 0.3) is 0 Å². The smallest absolute Gasteiger partial charge is 0.382 e. The number of nitrogens with zero attached hydrogens (tertiary/aromatic N) is 4. The molecule has 0 bridgehead atoms. The van der Waals surface area contributed by atoms with Crippen molar-refractivity contribution in [1.29, 1.82) is 0 Å². The summed E-state index contributed by atoms with van der Waals surface area (Å²) in [6, 6.07) is -0.980. The lowest BCUT2D eigenvalue weighted by Gasteiger charge is -2.34. The first kappa shape index (κ1) is 32.0. The second-order valence-electron chi connectivity index (χ2n) is 10.6. The van der Waals surface area contributed by atoms with E-state index in [1.807, 2.05) is 5.32 Å². The van der Waals surface area contributed by atoms with Gasteiger partial charge in [-0.3, -0.25) is 14.3 Å². The quantitative estimate of drug-likeness (QED) is 0.368. The van der Waals surface area contributed by atoms with Gasteiger partial charge in [0.1, 0.15) is 23.6 Å². The number of aryl methyl sites for hydroxylation is 1. The molecule has 1 saturated carbocycles. The molecule has 1 aliphatic heterocycles. The van der Waals surface area contributed by atoms with E-state index < -0.39 is 66.7 Å². The van der Waals surface area contributed by atoms with E-state index in [0.29, 0.717) is 5.56 Å². The van der Waals surface area contributed by atoms with Gasteiger partial charge in [0, 0.05) is 26.6 Å². The number of halogens is 6. The average molecular weight is 620 g/mol. The largest absolute Gasteiger partial charge is 0.410 e. The fourth-order valence-corrected chi connectivity index (χ4v) is 5.45. The minimum atomic E-state index is -4.66. The topological polar surface area (TPSA) is 130 Å². The van der Waals surface area contributed by atoms with Crippen LogP contribution in [0.15, 0.2) is 30.6 Å². The molecule has 4 amide bonds. The maximum Gasteiger partial charge on any atom is 0.410 e. The van der Waals surface area contributed by atoms with Gasteiger partial charge >= 0.3 is 18.4 Å². The number of aromatic nitrogens is 3. The Morgan fingerprint density at radius 3 is 2.35 bits per heavy atom. The molecule has 0 unspecified atom stereocenters. The van der Waals surface area contributed by atoms with Crippen molar-refractivity contribution in [2.75, 3.05) is 25.6 Å². The third-order valence-electron chi connectivity index (χ3n) is 7.78. The van der Waals surface area contributed by atoms with Gasteiger partial charge in [0.05, 0.1) is 25.1 Å². The van der Waals surface area contributed by atoms with Gasteiger partial charge in [0.25, 0.3) is 5.91 Å². The van der Waals surface area contributed by atoms with Crippen LogP contribution in [0.2, 0.25) is 0 Å². The molecular formula is C26H31F6N7O4. The monoisotopic (exact) mass is 619 g/mol. The molecule has 3 heterocycles. The lowest BCUT2D eigenvalue weighted by Crippen LogP contribution is -2.50. The Morgan fingerprint density at radius 1 is 1.09 bits per heavy atom. The number of alkyl halides is 6. The summed E-state index contributed by atoms with van der Waals surface area (Å²) in [7, 11) is 2.83. The number of nitrogens with one attached hydrogen (secondary N) is 3. The van der Waals surface area contributed by atoms with Crippen LogP contribution in [0.4, 0.5) is 37.0 Å². The molecule has 1 aliphatic carbocycles. The molecule has 1 saturated heterocycles. The number of ether oxygens (including phenoxy) is 1. The zero-order valence-corrected chi connectivity index (χ0v) is 23.2. The van der Waals surface area contributed by atoms with Crippen LogP contribution < -0.4 is 16.0 Å². The molecule has 4 rings (SSSR count). The van der Waals surface area contributed by atoms with Gasteiger partial charge in [0.15, 0.2) is 0 Å². The summed E-state index contributed by atoms with van der Waals surface area (Å²) in [6.45, 7) is -0.829. The van der Waals surface area contributed by atoms with E-state index in [1.165, 1.54) is 49.4 Å². The molecule has 0 spiro atoms. The number of carbonyl (C=O) groups is 3. The Labute approximate surface area is 242 Å². The minimum Gasteiger partial charge on any atom is -0.382 e. The Bertz CT molecular complexity index is 1310. The van der Waals surface area contributed by atoms with E-state index in [1.54, 1.807) is 0 Å². The minimum absolute atomic E-state index is 0.0295. The van der Waals surface area contributed by atoms with Crippen LogP contribution in [0.3, 0.4) is 0 Å². The zero-order valence-electron chi connectivity index (χ0n) is 23.2. The standard InChI is InChI=1S/C26H31F6N7O4/c1-38-17(8-10-34-38)22(40)37-21(14-3-5-16(6-4-14)25(27,28)29)23(41)36-20-11-15(7-9-33-20)18(13-43-2)39-12-19(26(30,31)32)35-24(39)42/h7-11,14,16,18-19,21H,3-6,12-13H2,1-2H3,(H,35,42)(H,37,40)(H,33,36,41)/t14?,16?,18-,19+,21-/m1/s1. The van der Waals surface area contributed by atoms with Crippen LogP contribution >= 0.6 is 0 Å². The third kappa shape index (κ3) is 7.55. The Morgan fingerprint density at radius 2 is 1.79 bits per heavy atom. The second kappa shape index (κ2) is 12.8. The number of methoxy groups -OCH3 is 1. The number of anilines is 1. The van der Waals surface area contributed by atoms with E-state index in [4.69, 9.17) is 4.74 Å². The number of rotatable bonds is 9.